The molecule has 2 nitrogen and oxygen atoms in total. The lowest BCUT2D eigenvalue weighted by atomic mass is 10.1. The highest BCUT2D eigenvalue weighted by Gasteiger charge is 2.30. The van der Waals surface area contributed by atoms with Gasteiger partial charge < -0.3 is 10.2 Å². The van der Waals surface area contributed by atoms with Crippen molar-refractivity contribution in [1.29, 1.82) is 0 Å². The summed E-state index contributed by atoms with van der Waals surface area (Å²) in [5.41, 5.74) is 1.36. The summed E-state index contributed by atoms with van der Waals surface area (Å²) in [7, 11) is 1.43. The monoisotopic (exact) mass is 292 g/mol. The van der Waals surface area contributed by atoms with Crippen LogP contribution in [0.15, 0.2) is 18.2 Å². The molecule has 0 heterocycles. The number of benzene rings is 1. The lowest BCUT2D eigenvalue weighted by molar-refractivity contribution is -0.119. The van der Waals surface area contributed by atoms with Crippen molar-refractivity contribution in [2.75, 3.05) is 18.5 Å². The molecule has 0 radical (unpaired) electrons. The largest absolute Gasteiger partial charge is 0.405 e. The van der Waals surface area contributed by atoms with Gasteiger partial charge in [-0.2, -0.15) is 13.2 Å². The van der Waals surface area contributed by atoms with Gasteiger partial charge in [0.2, 0.25) is 0 Å². The van der Waals surface area contributed by atoms with Gasteiger partial charge in [-0.15, -0.1) is 0 Å². The summed E-state index contributed by atoms with van der Waals surface area (Å²) in [6, 6.07) is 5.57. The first-order valence-corrected chi connectivity index (χ1v) is 6.52. The molecule has 106 valence electrons. The van der Waals surface area contributed by atoms with Crippen molar-refractivity contribution in [2.45, 2.75) is 31.6 Å². The number of halogens is 4. The lowest BCUT2D eigenvalue weighted by Gasteiger charge is -2.24. The minimum absolute atomic E-state index is 0.444. The van der Waals surface area contributed by atoms with Gasteiger partial charge in [0.05, 0.1) is 0 Å². The minimum atomic E-state index is -4.22. The molecule has 0 aliphatic heterocycles. The summed E-state index contributed by atoms with van der Waals surface area (Å²) < 4.78 is 37.4. The molecule has 0 saturated heterocycles. The average molecular weight is 293 g/mol. The van der Waals surface area contributed by atoms with Crippen LogP contribution in [0.3, 0.4) is 0 Å². The van der Waals surface area contributed by atoms with Crippen molar-refractivity contribution in [3.8, 4) is 0 Å². The van der Waals surface area contributed by atoms with Crippen molar-refractivity contribution >= 4 is 17.3 Å². The maximum Gasteiger partial charge on any atom is 0.405 e. The zero-order valence-electron chi connectivity index (χ0n) is 10.6. The fraction of sp³-hybridized carbons (Fsp3) is 0.538. The Hall–Kier alpha value is -0.940. The molecule has 1 aromatic rings. The molecule has 0 spiro atoms. The van der Waals surface area contributed by atoms with E-state index in [4.69, 9.17) is 11.6 Å². The standard InChI is InChI=1S/C13H16ClF3N2/c1-19(8-13(15,16)17)12-6-10(14)3-2-9(12)7-18-11-4-5-11/h2-3,6,11,18H,4-5,7-8H2,1H3. The van der Waals surface area contributed by atoms with Crippen LogP contribution in [0, 0.1) is 0 Å². The molecule has 1 fully saturated rings. The molecule has 6 heteroatoms. The summed E-state index contributed by atoms with van der Waals surface area (Å²) in [6.45, 7) is -0.414. The highest BCUT2D eigenvalue weighted by atomic mass is 35.5. The maximum absolute atomic E-state index is 12.5. The topological polar surface area (TPSA) is 15.3 Å². The molecule has 0 bridgehead atoms. The third kappa shape index (κ3) is 4.58. The number of hydrogen-bond acceptors (Lipinski definition) is 2. The second-order valence-corrected chi connectivity index (χ2v) is 5.34. The van der Waals surface area contributed by atoms with Gasteiger partial charge in [0, 0.05) is 30.3 Å². The van der Waals surface area contributed by atoms with Crippen LogP contribution < -0.4 is 10.2 Å². The van der Waals surface area contributed by atoms with E-state index >= 15 is 0 Å². The third-order valence-corrected chi connectivity index (χ3v) is 3.27. The highest BCUT2D eigenvalue weighted by molar-refractivity contribution is 6.30. The Bertz CT molecular complexity index is 444. The molecule has 0 aromatic heterocycles. The Morgan fingerprint density at radius 2 is 2.05 bits per heavy atom. The smallest absolute Gasteiger partial charge is 0.365 e. The predicted octanol–water partition coefficient (Wildman–Crippen LogP) is 3.59. The van der Waals surface area contributed by atoms with Gasteiger partial charge in [-0.1, -0.05) is 17.7 Å². The molecule has 1 saturated carbocycles. The Balaban J connectivity index is 2.12. The van der Waals surface area contributed by atoms with Crippen LogP contribution >= 0.6 is 11.6 Å². The average Bonchev–Trinajstić information content (AvgIpc) is 3.09. The number of alkyl halides is 3. The number of anilines is 1. The quantitative estimate of drug-likeness (QED) is 0.892. The van der Waals surface area contributed by atoms with Crippen molar-refractivity contribution in [3.63, 3.8) is 0 Å². The molecule has 19 heavy (non-hydrogen) atoms. The molecule has 0 unspecified atom stereocenters. The first-order valence-electron chi connectivity index (χ1n) is 6.15. The van der Waals surface area contributed by atoms with E-state index in [9.17, 15) is 13.2 Å². The first-order chi connectivity index (χ1) is 8.85. The zero-order chi connectivity index (χ0) is 14.0. The van der Waals surface area contributed by atoms with Gasteiger partial charge in [-0.05, 0) is 30.5 Å². The number of nitrogens with zero attached hydrogens (tertiary/aromatic N) is 1. The molecule has 1 aliphatic carbocycles. The van der Waals surface area contributed by atoms with Crippen LogP contribution in [0.4, 0.5) is 18.9 Å². The Labute approximate surface area is 115 Å². The van der Waals surface area contributed by atoms with Crippen molar-refractivity contribution in [3.05, 3.63) is 28.8 Å². The van der Waals surface area contributed by atoms with Gasteiger partial charge in [0.15, 0.2) is 0 Å². The van der Waals surface area contributed by atoms with Gasteiger partial charge in [0.1, 0.15) is 6.54 Å². The molecule has 0 amide bonds. The van der Waals surface area contributed by atoms with E-state index in [0.717, 1.165) is 18.4 Å². The molecule has 1 N–H and O–H groups in total. The molecular formula is C13H16ClF3N2. The van der Waals surface area contributed by atoms with E-state index in [1.54, 1.807) is 18.2 Å². The Morgan fingerprint density at radius 1 is 1.37 bits per heavy atom. The van der Waals surface area contributed by atoms with E-state index in [1.165, 1.54) is 11.9 Å². The lowest BCUT2D eigenvalue weighted by Crippen LogP contribution is -2.32. The molecule has 1 aliphatic rings. The fourth-order valence-corrected chi connectivity index (χ4v) is 2.10. The molecular weight excluding hydrogens is 277 g/mol. The second-order valence-electron chi connectivity index (χ2n) is 4.90. The maximum atomic E-state index is 12.5. The summed E-state index contributed by atoms with van der Waals surface area (Å²) in [6.07, 6.45) is -1.94. The van der Waals surface area contributed by atoms with Gasteiger partial charge >= 0.3 is 6.18 Å². The summed E-state index contributed by atoms with van der Waals surface area (Å²) in [5, 5.41) is 3.74. The molecule has 1 aromatic carbocycles. The van der Waals surface area contributed by atoms with Crippen molar-refractivity contribution < 1.29 is 13.2 Å². The van der Waals surface area contributed by atoms with E-state index < -0.39 is 12.7 Å². The van der Waals surface area contributed by atoms with Crippen LogP contribution in [0.1, 0.15) is 18.4 Å². The van der Waals surface area contributed by atoms with Crippen molar-refractivity contribution in [2.24, 2.45) is 0 Å². The number of hydrogen-bond donors (Lipinski definition) is 1. The van der Waals surface area contributed by atoms with Crippen LogP contribution in [0.25, 0.3) is 0 Å². The predicted molar refractivity (Wildman–Crippen MR) is 70.6 cm³/mol. The summed E-state index contributed by atoms with van der Waals surface area (Å²) in [5.74, 6) is 0. The number of nitrogens with one attached hydrogen (secondary N) is 1. The Kier molecular flexibility index (Phi) is 4.26. The van der Waals surface area contributed by atoms with Crippen LogP contribution in [-0.2, 0) is 6.54 Å². The summed E-state index contributed by atoms with van der Waals surface area (Å²) in [4.78, 5) is 1.19. The number of rotatable bonds is 5. The summed E-state index contributed by atoms with van der Waals surface area (Å²) >= 11 is 5.88. The van der Waals surface area contributed by atoms with E-state index in [-0.39, 0.29) is 0 Å². The molecule has 0 atom stereocenters. The minimum Gasteiger partial charge on any atom is -0.365 e. The van der Waals surface area contributed by atoms with E-state index in [1.807, 2.05) is 0 Å². The van der Waals surface area contributed by atoms with E-state index in [2.05, 4.69) is 5.32 Å². The highest BCUT2D eigenvalue weighted by Crippen LogP contribution is 2.28. The first kappa shape index (κ1) is 14.5. The second kappa shape index (κ2) is 5.59. The van der Waals surface area contributed by atoms with Crippen molar-refractivity contribution in [1.82, 2.24) is 5.32 Å². The van der Waals surface area contributed by atoms with Gasteiger partial charge in [0.25, 0.3) is 0 Å². The fourth-order valence-electron chi connectivity index (χ4n) is 1.94. The van der Waals surface area contributed by atoms with Crippen LogP contribution in [0.5, 0.6) is 0 Å². The Morgan fingerprint density at radius 3 is 2.63 bits per heavy atom. The van der Waals surface area contributed by atoms with E-state index in [0.29, 0.717) is 23.3 Å². The normalized spacial score (nSPS) is 15.6. The third-order valence-electron chi connectivity index (χ3n) is 3.03. The van der Waals surface area contributed by atoms with Crippen LogP contribution in [-0.4, -0.2) is 25.8 Å². The SMILES string of the molecule is CN(CC(F)(F)F)c1cc(Cl)ccc1CNC1CC1. The van der Waals surface area contributed by atoms with Gasteiger partial charge in [-0.3, -0.25) is 0 Å². The molecule has 2 rings (SSSR count). The van der Waals surface area contributed by atoms with Gasteiger partial charge in [-0.25, -0.2) is 0 Å². The zero-order valence-corrected chi connectivity index (χ0v) is 11.4. The van der Waals surface area contributed by atoms with Crippen LogP contribution in [0.2, 0.25) is 5.02 Å².